The maximum absolute atomic E-state index is 13.3. The summed E-state index contributed by atoms with van der Waals surface area (Å²) in [6.45, 7) is 4.43. The quantitative estimate of drug-likeness (QED) is 0.357. The van der Waals surface area contributed by atoms with E-state index in [0.717, 1.165) is 43.3 Å². The standard InChI is InChI=1S/C30H33N3O5/c1-20(24-18-31-25-7-3-2-6-22(24)25)33-14-13-30(19-33)17-26(34)23-16-21(9-11-27(23)37-30)10-12-28(35)32-38-29-8-4-5-15-36-29/h2-3,6-7,9-12,16,18,20,29,31H,4-5,8,13-15,17,19H2,1H3,(H,32,35)/b12-10+. The van der Waals surface area contributed by atoms with Crippen molar-refractivity contribution >= 4 is 28.7 Å². The summed E-state index contributed by atoms with van der Waals surface area (Å²) in [5.41, 5.74) is 5.61. The fourth-order valence-corrected chi connectivity index (χ4v) is 5.82. The molecule has 3 unspecified atom stereocenters. The lowest BCUT2D eigenvalue weighted by atomic mass is 9.88. The highest BCUT2D eigenvalue weighted by atomic mass is 16.8. The minimum atomic E-state index is -0.514. The van der Waals surface area contributed by atoms with Gasteiger partial charge in [0.15, 0.2) is 12.1 Å². The van der Waals surface area contributed by atoms with Crippen LogP contribution in [-0.2, 0) is 14.4 Å². The van der Waals surface area contributed by atoms with Gasteiger partial charge in [0.05, 0.1) is 12.0 Å². The van der Waals surface area contributed by atoms with E-state index >= 15 is 0 Å². The van der Waals surface area contributed by atoms with Crippen LogP contribution in [0, 0.1) is 0 Å². The largest absolute Gasteiger partial charge is 0.485 e. The first kappa shape index (κ1) is 24.9. The van der Waals surface area contributed by atoms with Crippen molar-refractivity contribution < 1.29 is 23.9 Å². The van der Waals surface area contributed by atoms with Crippen LogP contribution in [0.4, 0.5) is 0 Å². The molecule has 38 heavy (non-hydrogen) atoms. The molecule has 1 spiro atoms. The van der Waals surface area contributed by atoms with E-state index in [1.54, 1.807) is 12.1 Å². The highest BCUT2D eigenvalue weighted by molar-refractivity contribution is 6.01. The van der Waals surface area contributed by atoms with E-state index in [2.05, 4.69) is 46.7 Å². The number of hydrogen-bond acceptors (Lipinski definition) is 6. The predicted molar refractivity (Wildman–Crippen MR) is 144 cm³/mol. The molecule has 2 aromatic carbocycles. The van der Waals surface area contributed by atoms with Crippen LogP contribution in [0.25, 0.3) is 17.0 Å². The lowest BCUT2D eigenvalue weighted by molar-refractivity contribution is -0.198. The number of hydrogen-bond donors (Lipinski definition) is 2. The minimum absolute atomic E-state index is 0.0744. The third-order valence-corrected chi connectivity index (χ3v) is 7.93. The van der Waals surface area contributed by atoms with Crippen LogP contribution in [0.2, 0.25) is 0 Å². The Balaban J connectivity index is 1.10. The average molecular weight is 516 g/mol. The lowest BCUT2D eigenvalue weighted by Crippen LogP contribution is -2.44. The second kappa shape index (κ2) is 10.4. The van der Waals surface area contributed by atoms with Gasteiger partial charge in [-0.3, -0.25) is 14.5 Å². The number of ether oxygens (including phenoxy) is 2. The summed E-state index contributed by atoms with van der Waals surface area (Å²) < 4.78 is 12.0. The molecule has 8 nitrogen and oxygen atoms in total. The van der Waals surface area contributed by atoms with Gasteiger partial charge >= 0.3 is 0 Å². The van der Waals surface area contributed by atoms with Crippen molar-refractivity contribution in [3.05, 3.63) is 71.4 Å². The molecule has 1 aromatic heterocycles. The van der Waals surface area contributed by atoms with Crippen molar-refractivity contribution in [2.45, 2.75) is 57.0 Å². The fourth-order valence-electron chi connectivity index (χ4n) is 5.82. The number of aromatic nitrogens is 1. The Morgan fingerprint density at radius 1 is 1.26 bits per heavy atom. The second-order valence-electron chi connectivity index (χ2n) is 10.5. The van der Waals surface area contributed by atoms with Gasteiger partial charge in [0, 0.05) is 61.8 Å². The van der Waals surface area contributed by atoms with Gasteiger partial charge < -0.3 is 14.5 Å². The SMILES string of the molecule is CC(c1c[nH]c2ccccc12)N1CCC2(CC(=O)c3cc(/C=C/C(=O)NOC4CCCCO4)ccc3O2)C1. The van der Waals surface area contributed by atoms with E-state index in [4.69, 9.17) is 14.3 Å². The van der Waals surface area contributed by atoms with Crippen LogP contribution in [0.3, 0.4) is 0 Å². The number of benzene rings is 2. The number of ketones is 1. The van der Waals surface area contributed by atoms with Crippen LogP contribution in [0.1, 0.15) is 66.6 Å². The van der Waals surface area contributed by atoms with Gasteiger partial charge in [0.25, 0.3) is 5.91 Å². The Bertz CT molecular complexity index is 1380. The van der Waals surface area contributed by atoms with Gasteiger partial charge in [-0.25, -0.2) is 10.3 Å². The molecule has 3 aliphatic rings. The first-order chi connectivity index (χ1) is 18.5. The molecule has 2 N–H and O–H groups in total. The van der Waals surface area contributed by atoms with Crippen LogP contribution < -0.4 is 10.2 Å². The molecule has 0 bridgehead atoms. The summed E-state index contributed by atoms with van der Waals surface area (Å²) >= 11 is 0. The number of hydroxylamine groups is 1. The number of aromatic amines is 1. The molecule has 2 fully saturated rings. The highest BCUT2D eigenvalue weighted by Gasteiger charge is 2.47. The topological polar surface area (TPSA) is 92.9 Å². The Hall–Kier alpha value is -3.46. The Morgan fingerprint density at radius 2 is 2.16 bits per heavy atom. The summed E-state index contributed by atoms with van der Waals surface area (Å²) in [5.74, 6) is 0.307. The van der Waals surface area contributed by atoms with Gasteiger partial charge in [0.1, 0.15) is 11.4 Å². The number of carbonyl (C=O) groups excluding carboxylic acids is 2. The van der Waals surface area contributed by atoms with E-state index in [9.17, 15) is 9.59 Å². The maximum atomic E-state index is 13.3. The molecule has 3 aromatic rings. The number of likely N-dealkylation sites (tertiary alicyclic amines) is 1. The maximum Gasteiger partial charge on any atom is 0.267 e. The predicted octanol–water partition coefficient (Wildman–Crippen LogP) is 4.93. The monoisotopic (exact) mass is 515 g/mol. The first-order valence-corrected chi connectivity index (χ1v) is 13.4. The summed E-state index contributed by atoms with van der Waals surface area (Å²) in [6.07, 6.45) is 8.69. The number of carbonyl (C=O) groups is 2. The molecule has 198 valence electrons. The van der Waals surface area contributed by atoms with E-state index in [-0.39, 0.29) is 17.7 Å². The first-order valence-electron chi connectivity index (χ1n) is 13.4. The number of nitrogens with zero attached hydrogens (tertiary/aromatic N) is 1. The zero-order valence-electron chi connectivity index (χ0n) is 21.6. The Kier molecular flexibility index (Phi) is 6.78. The van der Waals surface area contributed by atoms with Crippen molar-refractivity contribution in [3.8, 4) is 5.75 Å². The van der Waals surface area contributed by atoms with Crippen LogP contribution >= 0.6 is 0 Å². The number of H-pyrrole nitrogens is 1. The Morgan fingerprint density at radius 3 is 3.03 bits per heavy atom. The molecule has 3 aliphatic heterocycles. The number of para-hydroxylation sites is 1. The van der Waals surface area contributed by atoms with Crippen molar-refractivity contribution in [2.75, 3.05) is 19.7 Å². The molecule has 3 atom stereocenters. The third-order valence-electron chi connectivity index (χ3n) is 7.93. The van der Waals surface area contributed by atoms with Gasteiger partial charge in [-0.05, 0) is 55.2 Å². The highest BCUT2D eigenvalue weighted by Crippen LogP contribution is 2.42. The molecule has 6 rings (SSSR count). The molecule has 0 saturated carbocycles. The van der Waals surface area contributed by atoms with Crippen molar-refractivity contribution in [1.29, 1.82) is 0 Å². The van der Waals surface area contributed by atoms with Crippen LogP contribution in [-0.4, -0.2) is 53.2 Å². The van der Waals surface area contributed by atoms with Crippen molar-refractivity contribution in [1.82, 2.24) is 15.4 Å². The molecule has 1 amide bonds. The normalized spacial score (nSPS) is 24.6. The summed E-state index contributed by atoms with van der Waals surface area (Å²) in [4.78, 5) is 36.5. The van der Waals surface area contributed by atoms with Gasteiger partial charge in [-0.15, -0.1) is 0 Å². The zero-order chi connectivity index (χ0) is 26.1. The smallest absolute Gasteiger partial charge is 0.267 e. The molecule has 2 saturated heterocycles. The van der Waals surface area contributed by atoms with Crippen molar-refractivity contribution in [3.63, 3.8) is 0 Å². The van der Waals surface area contributed by atoms with Crippen molar-refractivity contribution in [2.24, 2.45) is 0 Å². The molecular formula is C30H33N3O5. The molecular weight excluding hydrogens is 482 g/mol. The number of Topliss-reactive ketones (excluding diaryl/α,β-unsaturated/α-hetero) is 1. The molecule has 8 heteroatoms. The lowest BCUT2D eigenvalue weighted by Gasteiger charge is -2.35. The summed E-state index contributed by atoms with van der Waals surface area (Å²) in [6, 6.07) is 14.0. The summed E-state index contributed by atoms with van der Waals surface area (Å²) in [7, 11) is 0. The van der Waals surface area contributed by atoms with Crippen LogP contribution in [0.15, 0.2) is 54.7 Å². The summed E-state index contributed by atoms with van der Waals surface area (Å²) in [5, 5.41) is 1.23. The molecule has 4 heterocycles. The number of nitrogens with one attached hydrogen (secondary N) is 2. The minimum Gasteiger partial charge on any atom is -0.485 e. The van der Waals surface area contributed by atoms with E-state index in [0.29, 0.717) is 30.9 Å². The second-order valence-corrected chi connectivity index (χ2v) is 10.5. The average Bonchev–Trinajstić information content (AvgIpc) is 3.56. The fraction of sp³-hybridized carbons (Fsp3) is 0.400. The number of amides is 1. The molecule has 0 aliphatic carbocycles. The van der Waals surface area contributed by atoms with Gasteiger partial charge in [0.2, 0.25) is 0 Å². The molecule has 0 radical (unpaired) electrons. The van der Waals surface area contributed by atoms with E-state index < -0.39 is 11.9 Å². The van der Waals surface area contributed by atoms with Gasteiger partial charge in [-0.1, -0.05) is 24.3 Å². The van der Waals surface area contributed by atoms with E-state index in [1.165, 1.54) is 17.0 Å². The zero-order valence-corrected chi connectivity index (χ0v) is 21.6. The Labute approximate surface area is 221 Å². The van der Waals surface area contributed by atoms with Gasteiger partial charge in [-0.2, -0.15) is 0 Å². The van der Waals surface area contributed by atoms with Crippen LogP contribution in [0.5, 0.6) is 5.75 Å². The number of rotatable bonds is 6. The number of fused-ring (bicyclic) bond motifs is 2. The van der Waals surface area contributed by atoms with E-state index in [1.807, 2.05) is 18.2 Å². The third kappa shape index (κ3) is 4.99.